The van der Waals surface area contributed by atoms with Crippen molar-refractivity contribution >= 4 is 10.0 Å². The van der Waals surface area contributed by atoms with Gasteiger partial charge < -0.3 is 5.32 Å². The van der Waals surface area contributed by atoms with Crippen LogP contribution in [0, 0.1) is 0 Å². The van der Waals surface area contributed by atoms with Crippen LogP contribution in [0.15, 0.2) is 60.7 Å². The number of nitrogens with one attached hydrogen (secondary N) is 2. The molecule has 0 spiro atoms. The summed E-state index contributed by atoms with van der Waals surface area (Å²) >= 11 is 0. The van der Waals surface area contributed by atoms with E-state index in [1.165, 1.54) is 96.3 Å². The molecule has 2 aromatic carbocycles. The van der Waals surface area contributed by atoms with Crippen molar-refractivity contribution < 1.29 is 8.42 Å². The van der Waals surface area contributed by atoms with Gasteiger partial charge in [-0.15, -0.1) is 0 Å². The highest BCUT2D eigenvalue weighted by Gasteiger charge is 2.28. The molecule has 0 heterocycles. The fourth-order valence-corrected chi connectivity index (χ4v) is 7.16. The largest absolute Gasteiger partial charge is 0.308 e. The molecule has 0 unspecified atom stereocenters. The van der Waals surface area contributed by atoms with Crippen molar-refractivity contribution in [2.75, 3.05) is 12.3 Å². The Morgan fingerprint density at radius 2 is 0.881 bits per heavy atom. The maximum absolute atomic E-state index is 13.4. The third kappa shape index (κ3) is 16.8. The predicted molar refractivity (Wildman–Crippen MR) is 182 cm³/mol. The van der Waals surface area contributed by atoms with Crippen LogP contribution in [0.5, 0.6) is 0 Å². The molecular weight excluding hydrogens is 536 g/mol. The summed E-state index contributed by atoms with van der Waals surface area (Å²) in [6, 6.07) is 19.9. The second kappa shape index (κ2) is 23.7. The minimum Gasteiger partial charge on any atom is -0.308 e. The first-order chi connectivity index (χ1) is 20.6. The number of unbranched alkanes of at least 4 members (excludes halogenated alkanes) is 17. The van der Waals surface area contributed by atoms with Gasteiger partial charge in [-0.25, -0.2) is 13.1 Å². The van der Waals surface area contributed by atoms with Gasteiger partial charge in [-0.3, -0.25) is 0 Å². The van der Waals surface area contributed by atoms with Gasteiger partial charge >= 0.3 is 0 Å². The van der Waals surface area contributed by atoms with Crippen molar-refractivity contribution in [3.05, 3.63) is 71.8 Å². The topological polar surface area (TPSA) is 58.2 Å². The molecule has 2 rings (SSSR count). The Hall–Kier alpha value is -1.69. The van der Waals surface area contributed by atoms with Crippen molar-refractivity contribution in [1.29, 1.82) is 0 Å². The molecule has 0 aliphatic carbocycles. The van der Waals surface area contributed by atoms with Gasteiger partial charge in [-0.1, -0.05) is 184 Å². The zero-order chi connectivity index (χ0) is 30.1. The zero-order valence-corrected chi connectivity index (χ0v) is 27.8. The number of hydrogen-bond acceptors (Lipinski definition) is 3. The lowest BCUT2D eigenvalue weighted by molar-refractivity contribution is 0.414. The molecule has 0 saturated heterocycles. The highest BCUT2D eigenvalue weighted by Crippen LogP contribution is 2.30. The Balaban J connectivity index is 1.92. The summed E-state index contributed by atoms with van der Waals surface area (Å²) in [5.41, 5.74) is 2.11. The molecule has 0 amide bonds. The van der Waals surface area contributed by atoms with E-state index in [4.69, 9.17) is 0 Å². The summed E-state index contributed by atoms with van der Waals surface area (Å²) in [5.74, 6) is 0.187. The molecule has 0 bridgehead atoms. The van der Waals surface area contributed by atoms with Crippen LogP contribution in [0.3, 0.4) is 0 Å². The lowest BCUT2D eigenvalue weighted by atomic mass is 9.94. The molecule has 0 aliphatic heterocycles. The minimum atomic E-state index is -3.43. The molecule has 2 atom stereocenters. The maximum Gasteiger partial charge on any atom is 0.212 e. The quantitative estimate of drug-likeness (QED) is 0.101. The molecule has 238 valence electrons. The summed E-state index contributed by atoms with van der Waals surface area (Å²) in [7, 11) is -3.43. The Morgan fingerprint density at radius 3 is 1.33 bits per heavy atom. The van der Waals surface area contributed by atoms with E-state index in [-0.39, 0.29) is 17.8 Å². The van der Waals surface area contributed by atoms with E-state index < -0.39 is 10.0 Å². The molecule has 2 N–H and O–H groups in total. The van der Waals surface area contributed by atoms with Crippen molar-refractivity contribution in [2.45, 2.75) is 148 Å². The van der Waals surface area contributed by atoms with Gasteiger partial charge in [0.15, 0.2) is 0 Å². The van der Waals surface area contributed by atoms with Crippen LogP contribution in [0.1, 0.15) is 159 Å². The number of sulfonamides is 1. The van der Waals surface area contributed by atoms with Crippen LogP contribution in [0.2, 0.25) is 0 Å². The third-order valence-electron chi connectivity index (χ3n) is 8.37. The number of rotatable bonds is 27. The van der Waals surface area contributed by atoms with Crippen LogP contribution in [0.4, 0.5) is 0 Å². The van der Waals surface area contributed by atoms with Gasteiger partial charge in [-0.05, 0) is 30.5 Å². The summed E-state index contributed by atoms with van der Waals surface area (Å²) < 4.78 is 29.9. The first kappa shape index (κ1) is 36.5. The smallest absolute Gasteiger partial charge is 0.212 e. The molecule has 0 saturated carbocycles. The van der Waals surface area contributed by atoms with Crippen molar-refractivity contribution in [3.63, 3.8) is 0 Å². The molecule has 0 aliphatic rings. The number of benzene rings is 2. The lowest BCUT2D eigenvalue weighted by Gasteiger charge is -2.30. The van der Waals surface area contributed by atoms with E-state index in [2.05, 4.69) is 36.0 Å². The fraction of sp³-hybridized carbons (Fsp3) is 0.676. The standard InChI is InChI=1S/C37H62N2O2S/c1-3-5-7-9-11-13-14-16-18-26-32-38-36(34-28-22-20-23-29-34)37(35-30-24-21-25-31-35)39-42(40,41)33-27-19-17-15-12-10-8-6-4-2/h20-25,28-31,36-39H,3-19,26-27,32-33H2,1-2H3/t36-,37-/m1/s1. The van der Waals surface area contributed by atoms with Crippen LogP contribution < -0.4 is 10.0 Å². The van der Waals surface area contributed by atoms with E-state index in [1.54, 1.807) is 0 Å². The van der Waals surface area contributed by atoms with E-state index in [0.717, 1.165) is 36.9 Å². The van der Waals surface area contributed by atoms with Crippen LogP contribution in [-0.2, 0) is 10.0 Å². The second-order valence-corrected chi connectivity index (χ2v) is 14.1. The average molecular weight is 599 g/mol. The second-order valence-electron chi connectivity index (χ2n) is 12.2. The molecule has 42 heavy (non-hydrogen) atoms. The van der Waals surface area contributed by atoms with E-state index in [1.807, 2.05) is 48.5 Å². The van der Waals surface area contributed by atoms with Gasteiger partial charge in [0.05, 0.1) is 17.8 Å². The molecular formula is C37H62N2O2S. The van der Waals surface area contributed by atoms with Crippen LogP contribution in [-0.4, -0.2) is 20.7 Å². The fourth-order valence-electron chi connectivity index (χ4n) is 5.80. The highest BCUT2D eigenvalue weighted by atomic mass is 32.2. The van der Waals surface area contributed by atoms with Crippen LogP contribution >= 0.6 is 0 Å². The summed E-state index contributed by atoms with van der Waals surface area (Å²) in [5, 5.41) is 3.76. The Kier molecular flexibility index (Phi) is 20.6. The van der Waals surface area contributed by atoms with Gasteiger partial charge in [0, 0.05) is 0 Å². The molecule has 0 radical (unpaired) electrons. The lowest BCUT2D eigenvalue weighted by Crippen LogP contribution is -2.39. The Morgan fingerprint density at radius 1 is 0.500 bits per heavy atom. The third-order valence-corrected chi connectivity index (χ3v) is 9.81. The van der Waals surface area contributed by atoms with Crippen molar-refractivity contribution in [2.24, 2.45) is 0 Å². The summed E-state index contributed by atoms with van der Waals surface area (Å²) in [6.45, 7) is 5.39. The summed E-state index contributed by atoms with van der Waals surface area (Å²) in [4.78, 5) is 0. The van der Waals surface area contributed by atoms with E-state index in [0.29, 0.717) is 6.42 Å². The molecule has 4 nitrogen and oxygen atoms in total. The van der Waals surface area contributed by atoms with E-state index >= 15 is 0 Å². The van der Waals surface area contributed by atoms with Gasteiger partial charge in [0.2, 0.25) is 10.0 Å². The first-order valence-corrected chi connectivity index (χ1v) is 19.1. The Bertz CT molecular complexity index is 981. The van der Waals surface area contributed by atoms with Gasteiger partial charge in [-0.2, -0.15) is 0 Å². The van der Waals surface area contributed by atoms with Gasteiger partial charge in [0.1, 0.15) is 0 Å². The first-order valence-electron chi connectivity index (χ1n) is 17.4. The average Bonchev–Trinajstić information content (AvgIpc) is 3.01. The molecule has 0 aromatic heterocycles. The molecule has 0 fully saturated rings. The van der Waals surface area contributed by atoms with E-state index in [9.17, 15) is 8.42 Å². The minimum absolute atomic E-state index is 0.134. The molecule has 5 heteroatoms. The van der Waals surface area contributed by atoms with Crippen LogP contribution in [0.25, 0.3) is 0 Å². The van der Waals surface area contributed by atoms with Crippen molar-refractivity contribution in [1.82, 2.24) is 10.0 Å². The Labute approximate surface area is 259 Å². The highest BCUT2D eigenvalue weighted by molar-refractivity contribution is 7.89. The number of hydrogen-bond donors (Lipinski definition) is 2. The SMILES string of the molecule is CCCCCCCCCCCCN[C@H](c1ccccc1)[C@H](NS(=O)(=O)CCCCCCCCCCC)c1ccccc1. The molecule has 2 aromatic rings. The van der Waals surface area contributed by atoms with Gasteiger partial charge in [0.25, 0.3) is 0 Å². The predicted octanol–water partition coefficient (Wildman–Crippen LogP) is 10.4. The summed E-state index contributed by atoms with van der Waals surface area (Å²) in [6.07, 6.45) is 23.6. The normalized spacial score (nSPS) is 13.3. The maximum atomic E-state index is 13.4. The zero-order valence-electron chi connectivity index (χ0n) is 27.0. The monoisotopic (exact) mass is 598 g/mol. The van der Waals surface area contributed by atoms with Crippen molar-refractivity contribution in [3.8, 4) is 0 Å².